The SMILES string of the molecule is OC[C@H]1O[C@@H](O[C@H]2[C@H](O)[C@@H](O)[C@H](OCCCCCS)O[C@@H]2CO)[C@H](O)[C@@H](O)[C@H]1O. The third kappa shape index (κ3) is 6.21. The highest BCUT2D eigenvalue weighted by atomic mass is 32.1. The summed E-state index contributed by atoms with van der Waals surface area (Å²) >= 11 is 4.12. The minimum Gasteiger partial charge on any atom is -0.394 e. The molecule has 11 nitrogen and oxygen atoms in total. The number of aliphatic hydroxyl groups is 7. The van der Waals surface area contributed by atoms with Gasteiger partial charge < -0.3 is 54.7 Å². The highest BCUT2D eigenvalue weighted by Gasteiger charge is 2.50. The van der Waals surface area contributed by atoms with Gasteiger partial charge in [0.2, 0.25) is 0 Å². The first kappa shape index (κ1) is 25.2. The average molecular weight is 444 g/mol. The Morgan fingerprint density at radius 1 is 0.690 bits per heavy atom. The highest BCUT2D eigenvalue weighted by Crippen LogP contribution is 2.29. The Hall–Kier alpha value is -0.0900. The Morgan fingerprint density at radius 2 is 1.31 bits per heavy atom. The van der Waals surface area contributed by atoms with E-state index in [0.29, 0.717) is 6.42 Å². The maximum absolute atomic E-state index is 10.5. The van der Waals surface area contributed by atoms with Crippen LogP contribution in [-0.4, -0.2) is 123 Å². The van der Waals surface area contributed by atoms with E-state index in [1.807, 2.05) is 0 Å². The van der Waals surface area contributed by atoms with Gasteiger partial charge in [0.05, 0.1) is 13.2 Å². The summed E-state index contributed by atoms with van der Waals surface area (Å²) in [4.78, 5) is 0. The molecule has 2 saturated heterocycles. The zero-order valence-electron chi connectivity index (χ0n) is 15.9. The van der Waals surface area contributed by atoms with E-state index in [-0.39, 0.29) is 6.61 Å². The summed E-state index contributed by atoms with van der Waals surface area (Å²) in [5, 5.41) is 69.4. The molecule has 0 radical (unpaired) electrons. The van der Waals surface area contributed by atoms with Gasteiger partial charge in [-0.05, 0) is 18.6 Å². The average Bonchev–Trinajstić information content (AvgIpc) is 2.72. The second-order valence-electron chi connectivity index (χ2n) is 7.16. The van der Waals surface area contributed by atoms with Crippen molar-refractivity contribution in [3.05, 3.63) is 0 Å². The summed E-state index contributed by atoms with van der Waals surface area (Å²) in [6, 6.07) is 0. The van der Waals surface area contributed by atoms with E-state index in [1.165, 1.54) is 0 Å². The first-order chi connectivity index (χ1) is 13.8. The van der Waals surface area contributed by atoms with Crippen molar-refractivity contribution in [2.75, 3.05) is 25.6 Å². The van der Waals surface area contributed by atoms with Crippen molar-refractivity contribution in [1.29, 1.82) is 0 Å². The predicted molar refractivity (Wildman–Crippen MR) is 100 cm³/mol. The van der Waals surface area contributed by atoms with Crippen LogP contribution in [0.15, 0.2) is 0 Å². The minimum atomic E-state index is -1.70. The van der Waals surface area contributed by atoms with Crippen LogP contribution >= 0.6 is 12.6 Å². The number of hydrogen-bond acceptors (Lipinski definition) is 12. The Bertz CT molecular complexity index is 469. The zero-order valence-corrected chi connectivity index (χ0v) is 16.8. The molecule has 2 rings (SSSR count). The fourth-order valence-corrected chi connectivity index (χ4v) is 3.51. The normalized spacial score (nSPS) is 43.4. The van der Waals surface area contributed by atoms with Crippen LogP contribution in [0.4, 0.5) is 0 Å². The lowest BCUT2D eigenvalue weighted by molar-refractivity contribution is -0.359. The summed E-state index contributed by atoms with van der Waals surface area (Å²) < 4.78 is 21.7. The van der Waals surface area contributed by atoms with Crippen LogP contribution < -0.4 is 0 Å². The van der Waals surface area contributed by atoms with Crippen LogP contribution in [-0.2, 0) is 18.9 Å². The molecule has 0 amide bonds. The molecule has 0 saturated carbocycles. The number of rotatable bonds is 10. The van der Waals surface area contributed by atoms with E-state index >= 15 is 0 Å². The Labute approximate surface area is 174 Å². The van der Waals surface area contributed by atoms with Crippen LogP contribution in [0, 0.1) is 0 Å². The largest absolute Gasteiger partial charge is 0.394 e. The van der Waals surface area contributed by atoms with Gasteiger partial charge >= 0.3 is 0 Å². The maximum atomic E-state index is 10.5. The standard InChI is InChI=1S/C17H32O11S/c18-6-8-10(20)11(21)13(23)17(26-8)28-15-9(7-19)27-16(14(24)12(15)22)25-4-2-1-3-5-29/h8-24,29H,1-7H2/t8-,9-,10+,11+,12-,13-,14-,15-,16-,17+/m1/s1. The van der Waals surface area contributed by atoms with Crippen molar-refractivity contribution < 1.29 is 54.7 Å². The lowest BCUT2D eigenvalue weighted by Crippen LogP contribution is -2.64. The topological polar surface area (TPSA) is 179 Å². The fraction of sp³-hybridized carbons (Fsp3) is 1.00. The number of hydrogen-bond donors (Lipinski definition) is 8. The molecular formula is C17H32O11S. The molecule has 172 valence electrons. The van der Waals surface area contributed by atoms with E-state index in [2.05, 4.69) is 12.6 Å². The van der Waals surface area contributed by atoms with Gasteiger partial charge in [0, 0.05) is 6.61 Å². The van der Waals surface area contributed by atoms with Crippen LogP contribution in [0.25, 0.3) is 0 Å². The number of unbranched alkanes of at least 4 members (excludes halogenated alkanes) is 2. The van der Waals surface area contributed by atoms with E-state index in [1.54, 1.807) is 0 Å². The molecular weight excluding hydrogens is 412 g/mol. The van der Waals surface area contributed by atoms with Crippen molar-refractivity contribution in [3.63, 3.8) is 0 Å². The van der Waals surface area contributed by atoms with Crippen LogP contribution in [0.3, 0.4) is 0 Å². The third-order valence-corrected chi connectivity index (χ3v) is 5.36. The van der Waals surface area contributed by atoms with E-state index in [4.69, 9.17) is 18.9 Å². The molecule has 0 aliphatic carbocycles. The third-order valence-electron chi connectivity index (χ3n) is 5.04. The van der Waals surface area contributed by atoms with Gasteiger partial charge in [-0.2, -0.15) is 12.6 Å². The van der Waals surface area contributed by atoms with Crippen LogP contribution in [0.1, 0.15) is 19.3 Å². The van der Waals surface area contributed by atoms with E-state index in [0.717, 1.165) is 18.6 Å². The van der Waals surface area contributed by atoms with Gasteiger partial charge in [-0.3, -0.25) is 0 Å². The summed E-state index contributed by atoms with van der Waals surface area (Å²) in [5.41, 5.74) is 0. The maximum Gasteiger partial charge on any atom is 0.187 e. The molecule has 29 heavy (non-hydrogen) atoms. The number of ether oxygens (including phenoxy) is 4. The second-order valence-corrected chi connectivity index (χ2v) is 7.61. The summed E-state index contributed by atoms with van der Waals surface area (Å²) in [5.74, 6) is 0.755. The molecule has 0 aromatic carbocycles. The number of aliphatic hydroxyl groups excluding tert-OH is 7. The summed E-state index contributed by atoms with van der Waals surface area (Å²) in [6.45, 7) is -0.965. The molecule has 0 spiro atoms. The van der Waals surface area contributed by atoms with Gasteiger partial charge in [0.25, 0.3) is 0 Å². The highest BCUT2D eigenvalue weighted by molar-refractivity contribution is 7.80. The molecule has 2 fully saturated rings. The first-order valence-corrected chi connectivity index (χ1v) is 10.3. The zero-order chi connectivity index (χ0) is 21.6. The molecule has 2 heterocycles. The van der Waals surface area contributed by atoms with Crippen molar-refractivity contribution in [2.45, 2.75) is 80.7 Å². The van der Waals surface area contributed by atoms with Gasteiger partial charge in [-0.15, -0.1) is 0 Å². The molecule has 0 aromatic rings. The van der Waals surface area contributed by atoms with E-state index < -0.39 is 74.6 Å². The Morgan fingerprint density at radius 3 is 1.93 bits per heavy atom. The Balaban J connectivity index is 1.98. The summed E-state index contributed by atoms with van der Waals surface area (Å²) in [7, 11) is 0. The number of thiol groups is 1. The van der Waals surface area contributed by atoms with Gasteiger partial charge in [-0.25, -0.2) is 0 Å². The summed E-state index contributed by atoms with van der Waals surface area (Å²) in [6.07, 6.45) is -11.9. The molecule has 0 aromatic heterocycles. The smallest absolute Gasteiger partial charge is 0.187 e. The van der Waals surface area contributed by atoms with Crippen molar-refractivity contribution in [1.82, 2.24) is 0 Å². The van der Waals surface area contributed by atoms with Gasteiger partial charge in [-0.1, -0.05) is 6.42 Å². The lowest BCUT2D eigenvalue weighted by Gasteiger charge is -2.45. The van der Waals surface area contributed by atoms with Gasteiger partial charge in [0.1, 0.15) is 48.8 Å². The molecule has 0 unspecified atom stereocenters. The molecule has 2 aliphatic rings. The first-order valence-electron chi connectivity index (χ1n) is 9.66. The van der Waals surface area contributed by atoms with Crippen LogP contribution in [0.2, 0.25) is 0 Å². The molecule has 7 N–H and O–H groups in total. The quantitative estimate of drug-likeness (QED) is 0.125. The van der Waals surface area contributed by atoms with Crippen molar-refractivity contribution in [2.24, 2.45) is 0 Å². The van der Waals surface area contributed by atoms with Crippen molar-refractivity contribution in [3.8, 4) is 0 Å². The minimum absolute atomic E-state index is 0.276. The van der Waals surface area contributed by atoms with Crippen molar-refractivity contribution >= 4 is 12.6 Å². The van der Waals surface area contributed by atoms with Crippen LogP contribution in [0.5, 0.6) is 0 Å². The molecule has 0 bridgehead atoms. The Kier molecular flexibility index (Phi) is 10.5. The molecule has 2 aliphatic heterocycles. The lowest BCUT2D eigenvalue weighted by atomic mass is 9.97. The fourth-order valence-electron chi connectivity index (χ4n) is 3.28. The molecule has 12 heteroatoms. The monoisotopic (exact) mass is 444 g/mol. The van der Waals surface area contributed by atoms with Gasteiger partial charge in [0.15, 0.2) is 12.6 Å². The predicted octanol–water partition coefficient (Wildman–Crippen LogP) is -3.27. The molecule has 10 atom stereocenters. The second kappa shape index (κ2) is 12.1. The van der Waals surface area contributed by atoms with E-state index in [9.17, 15) is 35.7 Å².